The van der Waals surface area contributed by atoms with Crippen LogP contribution in [0.25, 0.3) is 0 Å². The standard InChI is InChI=1S/C19H21FN2O2/c20-18-13-21-10-9-17(18)19(24)22-11-2-1-5-15(22)8-7-14-4-3-6-16(23)12-14/h3-4,6,9-10,12-13,15,23H,1-2,5,7-8,11H2. The number of halogens is 1. The van der Waals surface area contributed by atoms with Crippen molar-refractivity contribution in [1.82, 2.24) is 9.88 Å². The average Bonchev–Trinajstić information content (AvgIpc) is 2.60. The van der Waals surface area contributed by atoms with Gasteiger partial charge in [0.2, 0.25) is 0 Å². The molecule has 1 aliphatic rings. The number of carbonyl (C=O) groups is 1. The maximum absolute atomic E-state index is 13.9. The second-order valence-corrected chi connectivity index (χ2v) is 6.21. The Balaban J connectivity index is 1.71. The van der Waals surface area contributed by atoms with Crippen LogP contribution in [-0.4, -0.2) is 33.5 Å². The van der Waals surface area contributed by atoms with Gasteiger partial charge < -0.3 is 10.0 Å². The number of benzene rings is 1. The lowest BCUT2D eigenvalue weighted by atomic mass is 9.95. The minimum absolute atomic E-state index is 0.0919. The maximum Gasteiger partial charge on any atom is 0.257 e. The topological polar surface area (TPSA) is 53.4 Å². The van der Waals surface area contributed by atoms with Crippen LogP contribution in [0, 0.1) is 5.82 Å². The fourth-order valence-corrected chi connectivity index (χ4v) is 3.32. The number of pyridine rings is 1. The van der Waals surface area contributed by atoms with Crippen LogP contribution < -0.4 is 0 Å². The number of nitrogens with zero attached hydrogens (tertiary/aromatic N) is 2. The fourth-order valence-electron chi connectivity index (χ4n) is 3.32. The maximum atomic E-state index is 13.9. The van der Waals surface area contributed by atoms with Crippen molar-refractivity contribution in [3.05, 3.63) is 59.7 Å². The summed E-state index contributed by atoms with van der Waals surface area (Å²) >= 11 is 0. The van der Waals surface area contributed by atoms with E-state index >= 15 is 0 Å². The number of aromatic nitrogens is 1. The number of phenolic OH excluding ortho intramolecular Hbond substituents is 1. The number of aromatic hydroxyl groups is 1. The van der Waals surface area contributed by atoms with Crippen molar-refractivity contribution in [2.75, 3.05) is 6.54 Å². The van der Waals surface area contributed by atoms with Crippen LogP contribution in [0.4, 0.5) is 4.39 Å². The molecule has 0 bridgehead atoms. The number of hydrogen-bond acceptors (Lipinski definition) is 3. The first-order chi connectivity index (χ1) is 11.6. The first kappa shape index (κ1) is 16.4. The Labute approximate surface area is 141 Å². The molecule has 2 aromatic rings. The Kier molecular flexibility index (Phi) is 5.08. The smallest absolute Gasteiger partial charge is 0.257 e. The molecule has 1 aromatic heterocycles. The minimum atomic E-state index is -0.570. The van der Waals surface area contributed by atoms with E-state index in [0.29, 0.717) is 6.54 Å². The van der Waals surface area contributed by atoms with Gasteiger partial charge in [-0.25, -0.2) is 4.39 Å². The van der Waals surface area contributed by atoms with Crippen molar-refractivity contribution >= 4 is 5.91 Å². The lowest BCUT2D eigenvalue weighted by Crippen LogP contribution is -2.44. The van der Waals surface area contributed by atoms with Crippen molar-refractivity contribution < 1.29 is 14.3 Å². The number of carbonyl (C=O) groups excluding carboxylic acids is 1. The molecule has 3 rings (SSSR count). The Morgan fingerprint density at radius 3 is 3.00 bits per heavy atom. The van der Waals surface area contributed by atoms with Gasteiger partial charge in [-0.15, -0.1) is 0 Å². The molecule has 1 aliphatic heterocycles. The molecule has 0 aliphatic carbocycles. The monoisotopic (exact) mass is 328 g/mol. The third kappa shape index (κ3) is 3.72. The molecular weight excluding hydrogens is 307 g/mol. The van der Waals surface area contributed by atoms with Gasteiger partial charge in [0.1, 0.15) is 5.75 Å². The molecule has 0 saturated carbocycles. The zero-order valence-corrected chi connectivity index (χ0v) is 13.5. The van der Waals surface area contributed by atoms with Crippen LogP contribution in [0.3, 0.4) is 0 Å². The normalized spacial score (nSPS) is 17.7. The van der Waals surface area contributed by atoms with Crippen LogP contribution >= 0.6 is 0 Å². The zero-order chi connectivity index (χ0) is 16.9. The van der Waals surface area contributed by atoms with Gasteiger partial charge in [-0.2, -0.15) is 0 Å². The lowest BCUT2D eigenvalue weighted by Gasteiger charge is -2.36. The van der Waals surface area contributed by atoms with Gasteiger partial charge in [-0.05, 0) is 55.9 Å². The summed E-state index contributed by atoms with van der Waals surface area (Å²) in [6.45, 7) is 0.658. The number of rotatable bonds is 4. The number of hydrogen-bond donors (Lipinski definition) is 1. The summed E-state index contributed by atoms with van der Waals surface area (Å²) in [5.74, 6) is -0.571. The molecule has 1 atom stereocenters. The first-order valence-electron chi connectivity index (χ1n) is 8.33. The summed E-state index contributed by atoms with van der Waals surface area (Å²) in [7, 11) is 0. The molecule has 1 aromatic carbocycles. The number of amides is 1. The summed E-state index contributed by atoms with van der Waals surface area (Å²) in [6, 6.07) is 8.72. The molecule has 0 radical (unpaired) electrons. The van der Waals surface area contributed by atoms with Gasteiger partial charge in [0.05, 0.1) is 11.8 Å². The highest BCUT2D eigenvalue weighted by Crippen LogP contribution is 2.24. The highest BCUT2D eigenvalue weighted by Gasteiger charge is 2.28. The number of likely N-dealkylation sites (tertiary alicyclic amines) is 1. The van der Waals surface area contributed by atoms with Gasteiger partial charge in [0.25, 0.3) is 5.91 Å². The molecule has 1 N–H and O–H groups in total. The second-order valence-electron chi connectivity index (χ2n) is 6.21. The average molecular weight is 328 g/mol. The summed E-state index contributed by atoms with van der Waals surface area (Å²) in [5.41, 5.74) is 1.14. The zero-order valence-electron chi connectivity index (χ0n) is 13.5. The number of phenols is 1. The van der Waals surface area contributed by atoms with Crippen LogP contribution in [0.15, 0.2) is 42.7 Å². The van der Waals surface area contributed by atoms with Crippen LogP contribution in [0.5, 0.6) is 5.75 Å². The van der Waals surface area contributed by atoms with Gasteiger partial charge in [0, 0.05) is 18.8 Å². The first-order valence-corrected chi connectivity index (χ1v) is 8.33. The highest BCUT2D eigenvalue weighted by atomic mass is 19.1. The van der Waals surface area contributed by atoms with E-state index in [1.165, 1.54) is 12.3 Å². The molecule has 1 amide bonds. The van der Waals surface area contributed by atoms with Crippen molar-refractivity contribution in [3.63, 3.8) is 0 Å². The fraction of sp³-hybridized carbons (Fsp3) is 0.368. The molecule has 2 heterocycles. The molecule has 0 spiro atoms. The minimum Gasteiger partial charge on any atom is -0.508 e. The van der Waals surface area contributed by atoms with Gasteiger partial charge in [-0.1, -0.05) is 12.1 Å². The van der Waals surface area contributed by atoms with E-state index < -0.39 is 5.82 Å². The number of piperidine rings is 1. The van der Waals surface area contributed by atoms with E-state index in [-0.39, 0.29) is 23.3 Å². The van der Waals surface area contributed by atoms with E-state index in [1.807, 2.05) is 12.1 Å². The van der Waals surface area contributed by atoms with Crippen molar-refractivity contribution in [3.8, 4) is 5.75 Å². The Morgan fingerprint density at radius 2 is 2.21 bits per heavy atom. The molecule has 4 nitrogen and oxygen atoms in total. The third-order valence-corrected chi connectivity index (χ3v) is 4.57. The van der Waals surface area contributed by atoms with Crippen LogP contribution in [0.2, 0.25) is 0 Å². The molecule has 126 valence electrons. The van der Waals surface area contributed by atoms with E-state index in [0.717, 1.165) is 43.9 Å². The Hall–Kier alpha value is -2.43. The molecular formula is C19H21FN2O2. The SMILES string of the molecule is O=C(c1ccncc1F)N1CCCCC1CCc1cccc(O)c1. The molecule has 1 saturated heterocycles. The van der Waals surface area contributed by atoms with Crippen LogP contribution in [-0.2, 0) is 6.42 Å². The third-order valence-electron chi connectivity index (χ3n) is 4.57. The predicted molar refractivity (Wildman–Crippen MR) is 89.3 cm³/mol. The van der Waals surface area contributed by atoms with Crippen molar-refractivity contribution in [1.29, 1.82) is 0 Å². The van der Waals surface area contributed by atoms with Gasteiger partial charge >= 0.3 is 0 Å². The van der Waals surface area contributed by atoms with E-state index in [9.17, 15) is 14.3 Å². The predicted octanol–water partition coefficient (Wildman–Crippen LogP) is 3.55. The summed E-state index contributed by atoms with van der Waals surface area (Å²) in [6.07, 6.45) is 7.07. The molecule has 1 fully saturated rings. The largest absolute Gasteiger partial charge is 0.508 e. The lowest BCUT2D eigenvalue weighted by molar-refractivity contribution is 0.0597. The second kappa shape index (κ2) is 7.43. The van der Waals surface area contributed by atoms with E-state index in [1.54, 1.807) is 17.0 Å². The van der Waals surface area contributed by atoms with Gasteiger partial charge in [0.15, 0.2) is 5.82 Å². The molecule has 24 heavy (non-hydrogen) atoms. The molecule has 1 unspecified atom stereocenters. The Morgan fingerprint density at radius 1 is 1.33 bits per heavy atom. The van der Waals surface area contributed by atoms with Crippen molar-refractivity contribution in [2.45, 2.75) is 38.1 Å². The van der Waals surface area contributed by atoms with Crippen molar-refractivity contribution in [2.24, 2.45) is 0 Å². The van der Waals surface area contributed by atoms with E-state index in [4.69, 9.17) is 0 Å². The molecule has 5 heteroatoms. The van der Waals surface area contributed by atoms with Gasteiger partial charge in [-0.3, -0.25) is 9.78 Å². The van der Waals surface area contributed by atoms with E-state index in [2.05, 4.69) is 4.98 Å². The number of aryl methyl sites for hydroxylation is 1. The highest BCUT2D eigenvalue weighted by molar-refractivity contribution is 5.94. The summed E-state index contributed by atoms with van der Waals surface area (Å²) < 4.78 is 13.9. The summed E-state index contributed by atoms with van der Waals surface area (Å²) in [4.78, 5) is 18.2. The Bertz CT molecular complexity index is 720. The van der Waals surface area contributed by atoms with Crippen LogP contribution in [0.1, 0.15) is 41.6 Å². The quantitative estimate of drug-likeness (QED) is 0.934. The summed E-state index contributed by atoms with van der Waals surface area (Å²) in [5, 5.41) is 9.56.